The van der Waals surface area contributed by atoms with Gasteiger partial charge in [0.25, 0.3) is 5.91 Å². The van der Waals surface area contributed by atoms with Gasteiger partial charge in [-0.15, -0.1) is 0 Å². The maximum atomic E-state index is 12.5. The van der Waals surface area contributed by atoms with Crippen LogP contribution in [0, 0.1) is 0 Å². The van der Waals surface area contributed by atoms with Gasteiger partial charge in [-0.05, 0) is 13.5 Å². The highest BCUT2D eigenvalue weighted by Gasteiger charge is 2.61. The van der Waals surface area contributed by atoms with Gasteiger partial charge >= 0.3 is 6.03 Å². The van der Waals surface area contributed by atoms with Gasteiger partial charge in [-0.25, -0.2) is 4.79 Å². The molecular weight excluding hydrogens is 258 g/mol. The fourth-order valence-electron chi connectivity index (χ4n) is 3.34. The number of urea groups is 1. The van der Waals surface area contributed by atoms with Crippen molar-refractivity contribution < 1.29 is 9.59 Å². The van der Waals surface area contributed by atoms with Crippen LogP contribution in [0.1, 0.15) is 32.6 Å². The highest BCUT2D eigenvalue weighted by Crippen LogP contribution is 2.33. The van der Waals surface area contributed by atoms with E-state index in [2.05, 4.69) is 17.6 Å². The molecule has 114 valence electrons. The van der Waals surface area contributed by atoms with Gasteiger partial charge in [-0.3, -0.25) is 20.3 Å². The lowest BCUT2D eigenvalue weighted by molar-refractivity contribution is -0.137. The standard InChI is InChI=1S/C13H25N5O2/c1-4-5-6-7-9(14)13-10(15-8-17(13)2)18(3)12(20)16-11(13)19/h9-10,15H,4-8,14H2,1-3H3,(H,16,19,20). The quantitative estimate of drug-likeness (QED) is 0.599. The van der Waals surface area contributed by atoms with E-state index < -0.39 is 5.54 Å². The van der Waals surface area contributed by atoms with Crippen molar-refractivity contribution in [2.24, 2.45) is 5.73 Å². The number of amides is 3. The van der Waals surface area contributed by atoms with Gasteiger partial charge in [-0.2, -0.15) is 0 Å². The molecule has 20 heavy (non-hydrogen) atoms. The molecule has 3 atom stereocenters. The van der Waals surface area contributed by atoms with Gasteiger partial charge in [0.15, 0.2) is 5.54 Å². The molecule has 0 aliphatic carbocycles. The number of rotatable bonds is 5. The molecular formula is C13H25N5O2. The number of fused-ring (bicyclic) bond motifs is 1. The average molecular weight is 283 g/mol. The van der Waals surface area contributed by atoms with Crippen LogP contribution in [0.3, 0.4) is 0 Å². The van der Waals surface area contributed by atoms with Gasteiger partial charge in [0.1, 0.15) is 6.17 Å². The molecule has 2 aliphatic heterocycles. The summed E-state index contributed by atoms with van der Waals surface area (Å²) in [7, 11) is 3.56. The fraction of sp³-hybridized carbons (Fsp3) is 0.846. The first-order chi connectivity index (χ1) is 9.46. The molecule has 2 aliphatic rings. The zero-order chi connectivity index (χ0) is 14.9. The summed E-state index contributed by atoms with van der Waals surface area (Å²) in [4.78, 5) is 27.7. The third kappa shape index (κ3) is 2.10. The number of carbonyl (C=O) groups is 2. The molecule has 0 spiro atoms. The second kappa shape index (κ2) is 5.67. The number of nitrogens with zero attached hydrogens (tertiary/aromatic N) is 2. The van der Waals surface area contributed by atoms with Crippen molar-refractivity contribution in [3.63, 3.8) is 0 Å². The van der Waals surface area contributed by atoms with Gasteiger partial charge in [0.05, 0.1) is 6.67 Å². The van der Waals surface area contributed by atoms with Crippen LogP contribution in [-0.4, -0.2) is 60.2 Å². The Balaban J connectivity index is 2.26. The lowest BCUT2D eigenvalue weighted by Crippen LogP contribution is -2.78. The van der Waals surface area contributed by atoms with Gasteiger partial charge < -0.3 is 10.6 Å². The molecule has 7 nitrogen and oxygen atoms in total. The Morgan fingerprint density at radius 2 is 2.10 bits per heavy atom. The Labute approximate surface area is 119 Å². The Kier molecular flexibility index (Phi) is 4.31. The predicted octanol–water partition coefficient (Wildman–Crippen LogP) is -0.367. The predicted molar refractivity (Wildman–Crippen MR) is 75.7 cm³/mol. The van der Waals surface area contributed by atoms with Crippen molar-refractivity contribution in [1.82, 2.24) is 20.4 Å². The van der Waals surface area contributed by atoms with E-state index in [0.29, 0.717) is 6.67 Å². The Morgan fingerprint density at radius 3 is 2.75 bits per heavy atom. The summed E-state index contributed by atoms with van der Waals surface area (Å²) in [5.41, 5.74) is 5.49. The summed E-state index contributed by atoms with van der Waals surface area (Å²) >= 11 is 0. The number of hydrogen-bond acceptors (Lipinski definition) is 5. The van der Waals surface area contributed by atoms with E-state index in [-0.39, 0.29) is 24.1 Å². The fourth-order valence-corrected chi connectivity index (χ4v) is 3.34. The average Bonchev–Trinajstić information content (AvgIpc) is 2.75. The van der Waals surface area contributed by atoms with Crippen LogP contribution in [0.15, 0.2) is 0 Å². The smallest absolute Gasteiger partial charge is 0.325 e. The first-order valence-corrected chi connectivity index (χ1v) is 7.24. The number of nitrogens with two attached hydrogens (primary N) is 1. The Bertz CT molecular complexity index is 402. The first-order valence-electron chi connectivity index (χ1n) is 7.24. The molecule has 3 unspecified atom stereocenters. The van der Waals surface area contributed by atoms with E-state index in [4.69, 9.17) is 5.73 Å². The number of carbonyl (C=O) groups excluding carboxylic acids is 2. The maximum absolute atomic E-state index is 12.5. The molecule has 2 fully saturated rings. The largest absolute Gasteiger partial charge is 0.326 e. The highest BCUT2D eigenvalue weighted by atomic mass is 16.2. The van der Waals surface area contributed by atoms with E-state index >= 15 is 0 Å². The van der Waals surface area contributed by atoms with Crippen LogP contribution in [0.25, 0.3) is 0 Å². The van der Waals surface area contributed by atoms with Crippen molar-refractivity contribution in [3.05, 3.63) is 0 Å². The topological polar surface area (TPSA) is 90.7 Å². The van der Waals surface area contributed by atoms with Crippen LogP contribution < -0.4 is 16.4 Å². The van der Waals surface area contributed by atoms with Crippen LogP contribution in [-0.2, 0) is 4.79 Å². The monoisotopic (exact) mass is 283 g/mol. The summed E-state index contributed by atoms with van der Waals surface area (Å²) in [6, 6.07) is -0.686. The van der Waals surface area contributed by atoms with Gasteiger partial charge in [-0.1, -0.05) is 26.2 Å². The second-order valence-corrected chi connectivity index (χ2v) is 5.76. The third-order valence-corrected chi connectivity index (χ3v) is 4.55. The zero-order valence-corrected chi connectivity index (χ0v) is 12.5. The first kappa shape index (κ1) is 15.2. The van der Waals surface area contributed by atoms with Crippen molar-refractivity contribution in [3.8, 4) is 0 Å². The number of unbranched alkanes of at least 4 members (excludes halogenated alkanes) is 2. The summed E-state index contributed by atoms with van der Waals surface area (Å²) < 4.78 is 0. The molecule has 0 radical (unpaired) electrons. The molecule has 2 heterocycles. The van der Waals surface area contributed by atoms with Crippen molar-refractivity contribution in [2.45, 2.75) is 50.4 Å². The zero-order valence-electron chi connectivity index (χ0n) is 12.5. The number of hydrogen-bond donors (Lipinski definition) is 3. The SMILES string of the molecule is CCCCCC(N)C12C(=O)NC(=O)N(C)C1NCN2C. The molecule has 0 aromatic carbocycles. The molecule has 0 aromatic rings. The molecule has 0 bridgehead atoms. The Hall–Kier alpha value is -1.18. The lowest BCUT2D eigenvalue weighted by atomic mass is 9.81. The summed E-state index contributed by atoms with van der Waals surface area (Å²) in [5.74, 6) is -0.290. The number of imide groups is 1. The van der Waals surface area contributed by atoms with Crippen molar-refractivity contribution in [1.29, 1.82) is 0 Å². The van der Waals surface area contributed by atoms with Crippen LogP contribution >= 0.6 is 0 Å². The summed E-state index contributed by atoms with van der Waals surface area (Å²) in [6.07, 6.45) is 3.60. The minimum Gasteiger partial charge on any atom is -0.326 e. The van der Waals surface area contributed by atoms with Crippen LogP contribution in [0.4, 0.5) is 4.79 Å². The minimum atomic E-state index is -0.879. The molecule has 3 amide bonds. The van der Waals surface area contributed by atoms with Crippen LogP contribution in [0.5, 0.6) is 0 Å². The number of likely N-dealkylation sites (N-methyl/N-ethyl adjacent to an activating group) is 2. The van der Waals surface area contributed by atoms with Crippen molar-refractivity contribution >= 4 is 11.9 Å². The summed E-state index contributed by atoms with van der Waals surface area (Å²) in [5, 5.41) is 5.65. The van der Waals surface area contributed by atoms with E-state index in [1.165, 1.54) is 4.90 Å². The normalized spacial score (nSPS) is 32.2. The number of nitrogens with one attached hydrogen (secondary N) is 2. The highest BCUT2D eigenvalue weighted by molar-refractivity contribution is 6.03. The molecule has 0 aromatic heterocycles. The molecule has 7 heteroatoms. The molecule has 4 N–H and O–H groups in total. The summed E-state index contributed by atoms with van der Waals surface area (Å²) in [6.45, 7) is 2.67. The lowest BCUT2D eigenvalue weighted by Gasteiger charge is -2.48. The molecule has 2 saturated heterocycles. The third-order valence-electron chi connectivity index (χ3n) is 4.55. The van der Waals surface area contributed by atoms with E-state index in [1.54, 1.807) is 7.05 Å². The van der Waals surface area contributed by atoms with Gasteiger partial charge in [0, 0.05) is 13.1 Å². The maximum Gasteiger partial charge on any atom is 0.325 e. The molecule has 2 rings (SSSR count). The Morgan fingerprint density at radius 1 is 1.40 bits per heavy atom. The van der Waals surface area contributed by atoms with E-state index in [0.717, 1.165) is 25.7 Å². The van der Waals surface area contributed by atoms with E-state index in [9.17, 15) is 9.59 Å². The minimum absolute atomic E-state index is 0.290. The van der Waals surface area contributed by atoms with Gasteiger partial charge in [0.2, 0.25) is 0 Å². The molecule has 0 saturated carbocycles. The second-order valence-electron chi connectivity index (χ2n) is 5.76. The van der Waals surface area contributed by atoms with E-state index in [1.807, 2.05) is 11.9 Å². The van der Waals surface area contributed by atoms with Crippen molar-refractivity contribution in [2.75, 3.05) is 20.8 Å². The van der Waals surface area contributed by atoms with Crippen LogP contribution in [0.2, 0.25) is 0 Å².